The summed E-state index contributed by atoms with van der Waals surface area (Å²) in [4.78, 5) is 2.56. The van der Waals surface area contributed by atoms with Crippen LogP contribution in [0, 0.1) is 5.41 Å². The monoisotopic (exact) mass is 258 g/mol. The van der Waals surface area contributed by atoms with E-state index in [0.29, 0.717) is 11.5 Å². The molecule has 1 atom stereocenters. The van der Waals surface area contributed by atoms with Crippen molar-refractivity contribution >= 4 is 5.69 Å². The molecule has 2 heteroatoms. The molecule has 0 amide bonds. The largest absolute Gasteiger partial charge is 0.370 e. The highest BCUT2D eigenvalue weighted by Gasteiger charge is 2.44. The van der Waals surface area contributed by atoms with Crippen LogP contribution in [-0.2, 0) is 0 Å². The first-order chi connectivity index (χ1) is 9.22. The zero-order valence-corrected chi connectivity index (χ0v) is 12.3. The van der Waals surface area contributed by atoms with Crippen molar-refractivity contribution in [3.05, 3.63) is 29.8 Å². The summed E-state index contributed by atoms with van der Waals surface area (Å²) in [7, 11) is 0. The van der Waals surface area contributed by atoms with Gasteiger partial charge in [-0.05, 0) is 44.0 Å². The molecule has 0 aromatic heterocycles. The number of hydrogen-bond donors (Lipinski definition) is 1. The smallest absolute Gasteiger partial charge is 0.0369 e. The molecular formula is C17H26N2. The van der Waals surface area contributed by atoms with Crippen molar-refractivity contribution in [1.29, 1.82) is 0 Å². The van der Waals surface area contributed by atoms with E-state index in [0.717, 1.165) is 6.54 Å². The second kappa shape index (κ2) is 5.16. The predicted molar refractivity (Wildman–Crippen MR) is 81.6 cm³/mol. The molecule has 2 aliphatic rings. The van der Waals surface area contributed by atoms with Crippen molar-refractivity contribution in [3.8, 4) is 0 Å². The van der Waals surface area contributed by atoms with Gasteiger partial charge in [0, 0.05) is 30.2 Å². The van der Waals surface area contributed by atoms with Crippen LogP contribution >= 0.6 is 0 Å². The first-order valence-electron chi connectivity index (χ1n) is 7.81. The molecule has 1 unspecified atom stereocenters. The summed E-state index contributed by atoms with van der Waals surface area (Å²) in [5.74, 6) is 0. The highest BCUT2D eigenvalue weighted by Crippen LogP contribution is 2.47. The fourth-order valence-corrected chi connectivity index (χ4v) is 3.80. The minimum atomic E-state index is 0.451. The van der Waals surface area contributed by atoms with E-state index in [-0.39, 0.29) is 0 Å². The maximum atomic E-state index is 3.49. The Morgan fingerprint density at radius 2 is 2.00 bits per heavy atom. The molecule has 1 spiro atoms. The van der Waals surface area contributed by atoms with Crippen LogP contribution in [0.2, 0.25) is 0 Å². The fraction of sp³-hybridized carbons (Fsp3) is 0.647. The van der Waals surface area contributed by atoms with Gasteiger partial charge in [0.2, 0.25) is 0 Å². The average molecular weight is 258 g/mol. The van der Waals surface area contributed by atoms with E-state index in [1.54, 1.807) is 0 Å². The summed E-state index contributed by atoms with van der Waals surface area (Å²) in [6.45, 7) is 8.01. The molecule has 1 saturated carbocycles. The van der Waals surface area contributed by atoms with Crippen LogP contribution in [0.3, 0.4) is 0 Å². The average Bonchev–Trinajstić information content (AvgIpc) is 2.87. The fourth-order valence-electron chi connectivity index (χ4n) is 3.80. The van der Waals surface area contributed by atoms with Gasteiger partial charge >= 0.3 is 0 Å². The van der Waals surface area contributed by atoms with Gasteiger partial charge in [-0.2, -0.15) is 0 Å². The van der Waals surface area contributed by atoms with Crippen LogP contribution in [0.5, 0.6) is 0 Å². The van der Waals surface area contributed by atoms with Crippen LogP contribution in [-0.4, -0.2) is 19.6 Å². The lowest BCUT2D eigenvalue weighted by atomic mass is 9.78. The van der Waals surface area contributed by atoms with Gasteiger partial charge in [-0.1, -0.05) is 31.9 Å². The molecule has 0 bridgehead atoms. The maximum Gasteiger partial charge on any atom is 0.0369 e. The molecule has 1 heterocycles. The molecule has 1 aromatic carbocycles. The van der Waals surface area contributed by atoms with Gasteiger partial charge in [0.25, 0.3) is 0 Å². The molecule has 2 nitrogen and oxygen atoms in total. The van der Waals surface area contributed by atoms with Gasteiger partial charge in [0.1, 0.15) is 0 Å². The first-order valence-corrected chi connectivity index (χ1v) is 7.81. The van der Waals surface area contributed by atoms with Crippen LogP contribution in [0.1, 0.15) is 51.1 Å². The van der Waals surface area contributed by atoms with Crippen LogP contribution in [0.25, 0.3) is 0 Å². The highest BCUT2D eigenvalue weighted by atomic mass is 15.2. The van der Waals surface area contributed by atoms with Crippen molar-refractivity contribution in [3.63, 3.8) is 0 Å². The Morgan fingerprint density at radius 1 is 1.26 bits per heavy atom. The Kier molecular flexibility index (Phi) is 3.53. The van der Waals surface area contributed by atoms with Gasteiger partial charge in [-0.3, -0.25) is 0 Å². The zero-order chi connectivity index (χ0) is 13.3. The minimum Gasteiger partial charge on any atom is -0.370 e. The normalized spacial score (nSPS) is 22.5. The van der Waals surface area contributed by atoms with E-state index < -0.39 is 0 Å². The Balaban J connectivity index is 1.67. The van der Waals surface area contributed by atoms with E-state index >= 15 is 0 Å². The number of anilines is 1. The van der Waals surface area contributed by atoms with E-state index in [1.165, 1.54) is 50.0 Å². The quantitative estimate of drug-likeness (QED) is 0.885. The van der Waals surface area contributed by atoms with E-state index in [1.807, 2.05) is 0 Å². The third-order valence-electron chi connectivity index (χ3n) is 4.96. The molecule has 3 rings (SSSR count). The SMILES string of the molecule is CCNC(C)c1cccc(N2CC3(CCCC3)C2)c1. The van der Waals surface area contributed by atoms with Crippen LogP contribution in [0.4, 0.5) is 5.69 Å². The van der Waals surface area contributed by atoms with Crippen molar-refractivity contribution < 1.29 is 0 Å². The number of nitrogens with zero attached hydrogens (tertiary/aromatic N) is 1. The summed E-state index contributed by atoms with van der Waals surface area (Å²) in [5.41, 5.74) is 3.51. The van der Waals surface area contributed by atoms with Crippen LogP contribution in [0.15, 0.2) is 24.3 Å². The molecule has 19 heavy (non-hydrogen) atoms. The molecule has 1 N–H and O–H groups in total. The molecule has 1 saturated heterocycles. The third kappa shape index (κ3) is 2.51. The van der Waals surface area contributed by atoms with Gasteiger partial charge < -0.3 is 10.2 Å². The van der Waals surface area contributed by atoms with Gasteiger partial charge in [-0.25, -0.2) is 0 Å². The second-order valence-corrected chi connectivity index (χ2v) is 6.44. The summed E-state index contributed by atoms with van der Waals surface area (Å²) >= 11 is 0. The van der Waals surface area contributed by atoms with Crippen molar-refractivity contribution in [2.45, 2.75) is 45.6 Å². The predicted octanol–water partition coefficient (Wildman–Crippen LogP) is 3.74. The van der Waals surface area contributed by atoms with Gasteiger partial charge in [0.05, 0.1) is 0 Å². The van der Waals surface area contributed by atoms with Crippen LogP contribution < -0.4 is 10.2 Å². The first kappa shape index (κ1) is 13.0. The van der Waals surface area contributed by atoms with Gasteiger partial charge in [-0.15, -0.1) is 0 Å². The molecule has 104 valence electrons. The Bertz CT molecular complexity index is 427. The number of rotatable bonds is 4. The van der Waals surface area contributed by atoms with Crippen molar-refractivity contribution in [2.24, 2.45) is 5.41 Å². The topological polar surface area (TPSA) is 15.3 Å². The summed E-state index contributed by atoms with van der Waals surface area (Å²) in [6.07, 6.45) is 5.81. The lowest BCUT2D eigenvalue weighted by Gasteiger charge is -2.50. The second-order valence-electron chi connectivity index (χ2n) is 6.44. The standard InChI is InChI=1S/C17H26N2/c1-3-18-14(2)15-7-6-8-16(11-15)19-12-17(13-19)9-4-5-10-17/h6-8,11,14,18H,3-5,9-10,12-13H2,1-2H3. The molecule has 0 radical (unpaired) electrons. The van der Waals surface area contributed by atoms with E-state index in [2.05, 4.69) is 48.3 Å². The number of nitrogens with one attached hydrogen (secondary N) is 1. The summed E-state index contributed by atoms with van der Waals surface area (Å²) in [5, 5.41) is 3.49. The number of hydrogen-bond acceptors (Lipinski definition) is 2. The number of benzene rings is 1. The highest BCUT2D eigenvalue weighted by molar-refractivity contribution is 5.52. The zero-order valence-electron chi connectivity index (χ0n) is 12.3. The molecule has 1 aliphatic heterocycles. The lowest BCUT2D eigenvalue weighted by molar-refractivity contribution is 0.222. The summed E-state index contributed by atoms with van der Waals surface area (Å²) in [6, 6.07) is 9.53. The molecule has 2 fully saturated rings. The molecule has 1 aromatic rings. The Morgan fingerprint density at radius 3 is 2.68 bits per heavy atom. The molecule has 1 aliphatic carbocycles. The maximum absolute atomic E-state index is 3.49. The van der Waals surface area contributed by atoms with E-state index in [9.17, 15) is 0 Å². The van der Waals surface area contributed by atoms with Crippen molar-refractivity contribution in [2.75, 3.05) is 24.5 Å². The molecular weight excluding hydrogens is 232 g/mol. The van der Waals surface area contributed by atoms with E-state index in [4.69, 9.17) is 0 Å². The summed E-state index contributed by atoms with van der Waals surface area (Å²) < 4.78 is 0. The third-order valence-corrected chi connectivity index (χ3v) is 4.96. The lowest BCUT2D eigenvalue weighted by Crippen LogP contribution is -2.55. The minimum absolute atomic E-state index is 0.451. The van der Waals surface area contributed by atoms with Gasteiger partial charge in [0.15, 0.2) is 0 Å². The van der Waals surface area contributed by atoms with Crippen molar-refractivity contribution in [1.82, 2.24) is 5.32 Å². The Hall–Kier alpha value is -1.02. The Labute approximate surface area is 117 Å².